The van der Waals surface area contributed by atoms with Gasteiger partial charge in [0, 0.05) is 17.1 Å². The molecule has 0 radical (unpaired) electrons. The number of hydrogen-bond acceptors (Lipinski definition) is 3. The molecule has 21 heavy (non-hydrogen) atoms. The Hall–Kier alpha value is -2.01. The summed E-state index contributed by atoms with van der Waals surface area (Å²) in [5, 5.41) is 12.1. The highest BCUT2D eigenvalue weighted by atomic mass is 79.9. The van der Waals surface area contributed by atoms with Gasteiger partial charge in [-0.05, 0) is 39.2 Å². The number of methoxy groups -OCH3 is 1. The second-order valence-corrected chi connectivity index (χ2v) is 5.44. The molecular formula is C16H16BrNO3. The molecule has 0 saturated heterocycles. The van der Waals surface area contributed by atoms with Gasteiger partial charge in [0.25, 0.3) is 0 Å². The lowest BCUT2D eigenvalue weighted by Gasteiger charge is -2.10. The zero-order valence-corrected chi connectivity index (χ0v) is 13.2. The minimum absolute atomic E-state index is 0.0507. The highest BCUT2D eigenvalue weighted by Crippen LogP contribution is 2.27. The van der Waals surface area contributed by atoms with Gasteiger partial charge in [-0.1, -0.05) is 24.3 Å². The lowest BCUT2D eigenvalue weighted by atomic mass is 10.1. The summed E-state index contributed by atoms with van der Waals surface area (Å²) in [5.74, 6) is -0.0290. The molecule has 4 nitrogen and oxygen atoms in total. The molecule has 2 rings (SSSR count). The van der Waals surface area contributed by atoms with E-state index in [-0.39, 0.29) is 6.42 Å². The van der Waals surface area contributed by atoms with Crippen LogP contribution in [0.3, 0.4) is 0 Å². The van der Waals surface area contributed by atoms with Gasteiger partial charge in [-0.25, -0.2) is 0 Å². The van der Waals surface area contributed by atoms with Crippen molar-refractivity contribution in [1.29, 1.82) is 0 Å². The normalized spacial score (nSPS) is 10.2. The second-order valence-electron chi connectivity index (χ2n) is 4.59. The third kappa shape index (κ3) is 4.49. The van der Waals surface area contributed by atoms with Crippen molar-refractivity contribution in [3.63, 3.8) is 0 Å². The van der Waals surface area contributed by atoms with E-state index in [0.717, 1.165) is 27.0 Å². The van der Waals surface area contributed by atoms with Crippen molar-refractivity contribution < 1.29 is 14.6 Å². The lowest BCUT2D eigenvalue weighted by molar-refractivity contribution is -0.136. The van der Waals surface area contributed by atoms with E-state index >= 15 is 0 Å². The zero-order valence-electron chi connectivity index (χ0n) is 11.6. The van der Waals surface area contributed by atoms with Crippen LogP contribution in [0, 0.1) is 0 Å². The molecule has 0 amide bonds. The quantitative estimate of drug-likeness (QED) is 0.834. The summed E-state index contributed by atoms with van der Waals surface area (Å²) in [6.45, 7) is 0.652. The minimum atomic E-state index is -0.818. The van der Waals surface area contributed by atoms with Crippen LogP contribution in [0.4, 0.5) is 5.69 Å². The van der Waals surface area contributed by atoms with Gasteiger partial charge in [0.15, 0.2) is 0 Å². The molecule has 2 N–H and O–H groups in total. The van der Waals surface area contributed by atoms with Crippen molar-refractivity contribution in [3.8, 4) is 5.75 Å². The van der Waals surface area contributed by atoms with Gasteiger partial charge < -0.3 is 15.2 Å². The Morgan fingerprint density at radius 2 is 1.86 bits per heavy atom. The van der Waals surface area contributed by atoms with Crippen LogP contribution in [0.1, 0.15) is 11.1 Å². The smallest absolute Gasteiger partial charge is 0.307 e. The Morgan fingerprint density at radius 1 is 1.19 bits per heavy atom. The van der Waals surface area contributed by atoms with E-state index in [1.54, 1.807) is 7.11 Å². The SMILES string of the molecule is COc1ccc(Br)c(NCc2ccc(CC(=O)O)cc2)c1. The van der Waals surface area contributed by atoms with Crippen LogP contribution in [-0.4, -0.2) is 18.2 Å². The van der Waals surface area contributed by atoms with E-state index in [9.17, 15) is 4.79 Å². The third-order valence-electron chi connectivity index (χ3n) is 3.03. The predicted molar refractivity (Wildman–Crippen MR) is 85.8 cm³/mol. The van der Waals surface area contributed by atoms with Crippen LogP contribution >= 0.6 is 15.9 Å². The molecule has 0 fully saturated rings. The lowest BCUT2D eigenvalue weighted by Crippen LogP contribution is -2.02. The van der Waals surface area contributed by atoms with Gasteiger partial charge in [0.1, 0.15) is 5.75 Å². The van der Waals surface area contributed by atoms with Crippen molar-refractivity contribution in [2.45, 2.75) is 13.0 Å². The van der Waals surface area contributed by atoms with E-state index in [2.05, 4.69) is 21.2 Å². The number of benzene rings is 2. The number of anilines is 1. The molecule has 0 aliphatic carbocycles. The first-order valence-electron chi connectivity index (χ1n) is 6.45. The van der Waals surface area contributed by atoms with Gasteiger partial charge in [0.2, 0.25) is 0 Å². The maximum absolute atomic E-state index is 10.6. The zero-order chi connectivity index (χ0) is 15.2. The van der Waals surface area contributed by atoms with E-state index in [4.69, 9.17) is 9.84 Å². The first-order chi connectivity index (χ1) is 10.1. The average Bonchev–Trinajstić information content (AvgIpc) is 2.47. The maximum Gasteiger partial charge on any atom is 0.307 e. The van der Waals surface area contributed by atoms with Crippen molar-refractivity contribution >= 4 is 27.6 Å². The first kappa shape index (κ1) is 15.4. The molecule has 0 atom stereocenters. The maximum atomic E-state index is 10.6. The largest absolute Gasteiger partial charge is 0.497 e. The van der Waals surface area contributed by atoms with Gasteiger partial charge >= 0.3 is 5.97 Å². The second kappa shape index (κ2) is 7.13. The van der Waals surface area contributed by atoms with E-state index in [1.807, 2.05) is 42.5 Å². The van der Waals surface area contributed by atoms with Crippen LogP contribution in [0.15, 0.2) is 46.9 Å². The molecule has 2 aromatic rings. The Morgan fingerprint density at radius 3 is 2.48 bits per heavy atom. The predicted octanol–water partition coefficient (Wildman–Crippen LogP) is 3.70. The Kier molecular flexibility index (Phi) is 5.22. The summed E-state index contributed by atoms with van der Waals surface area (Å²) in [5.41, 5.74) is 2.83. The van der Waals surface area contributed by atoms with Gasteiger partial charge in [-0.15, -0.1) is 0 Å². The van der Waals surface area contributed by atoms with E-state index in [1.165, 1.54) is 0 Å². The average molecular weight is 350 g/mol. The monoisotopic (exact) mass is 349 g/mol. The van der Waals surface area contributed by atoms with Crippen LogP contribution < -0.4 is 10.1 Å². The molecule has 0 heterocycles. The third-order valence-corrected chi connectivity index (χ3v) is 3.73. The highest BCUT2D eigenvalue weighted by Gasteiger charge is 2.03. The molecule has 2 aromatic carbocycles. The fourth-order valence-corrected chi connectivity index (χ4v) is 2.30. The number of rotatable bonds is 6. The van der Waals surface area contributed by atoms with Crippen LogP contribution in [-0.2, 0) is 17.8 Å². The minimum Gasteiger partial charge on any atom is -0.497 e. The van der Waals surface area contributed by atoms with Crippen molar-refractivity contribution in [3.05, 3.63) is 58.1 Å². The fraction of sp³-hybridized carbons (Fsp3) is 0.188. The Labute approximate surface area is 131 Å². The molecule has 0 saturated carbocycles. The summed E-state index contributed by atoms with van der Waals surface area (Å²) in [6, 6.07) is 13.3. The topological polar surface area (TPSA) is 58.6 Å². The van der Waals surface area contributed by atoms with Crippen molar-refractivity contribution in [2.24, 2.45) is 0 Å². The Balaban J connectivity index is 2.01. The molecule has 0 aromatic heterocycles. The van der Waals surface area contributed by atoms with E-state index < -0.39 is 5.97 Å². The van der Waals surface area contributed by atoms with Crippen LogP contribution in [0.5, 0.6) is 5.75 Å². The van der Waals surface area contributed by atoms with Crippen molar-refractivity contribution in [1.82, 2.24) is 0 Å². The van der Waals surface area contributed by atoms with Crippen LogP contribution in [0.25, 0.3) is 0 Å². The number of carbonyl (C=O) groups is 1. The molecular weight excluding hydrogens is 334 g/mol. The molecule has 110 valence electrons. The summed E-state index contributed by atoms with van der Waals surface area (Å²) in [4.78, 5) is 10.6. The number of carboxylic acid groups (broad SMARTS) is 1. The van der Waals surface area contributed by atoms with Crippen molar-refractivity contribution in [2.75, 3.05) is 12.4 Å². The van der Waals surface area contributed by atoms with Gasteiger partial charge in [-0.3, -0.25) is 4.79 Å². The highest BCUT2D eigenvalue weighted by molar-refractivity contribution is 9.10. The van der Waals surface area contributed by atoms with Gasteiger partial charge in [-0.2, -0.15) is 0 Å². The summed E-state index contributed by atoms with van der Waals surface area (Å²) < 4.78 is 6.16. The summed E-state index contributed by atoms with van der Waals surface area (Å²) >= 11 is 3.49. The summed E-state index contributed by atoms with van der Waals surface area (Å²) in [7, 11) is 1.63. The van der Waals surface area contributed by atoms with Gasteiger partial charge in [0.05, 0.1) is 19.2 Å². The molecule has 0 unspecified atom stereocenters. The number of nitrogens with one attached hydrogen (secondary N) is 1. The number of ether oxygens (including phenoxy) is 1. The number of aliphatic carboxylic acids is 1. The molecule has 0 bridgehead atoms. The number of hydrogen-bond donors (Lipinski definition) is 2. The number of carboxylic acids is 1. The van der Waals surface area contributed by atoms with E-state index in [0.29, 0.717) is 6.54 Å². The fourth-order valence-electron chi connectivity index (χ4n) is 1.91. The molecule has 0 spiro atoms. The van der Waals surface area contributed by atoms with Crippen LogP contribution in [0.2, 0.25) is 0 Å². The molecule has 0 aliphatic heterocycles. The number of halogens is 1. The molecule has 5 heteroatoms. The molecule has 0 aliphatic rings. The first-order valence-corrected chi connectivity index (χ1v) is 7.25. The standard InChI is InChI=1S/C16H16BrNO3/c1-21-13-6-7-14(17)15(9-13)18-10-12-4-2-11(3-5-12)8-16(19)20/h2-7,9,18H,8,10H2,1H3,(H,19,20). The summed E-state index contributed by atoms with van der Waals surface area (Å²) in [6.07, 6.45) is 0.0507. The Bertz CT molecular complexity index is 626.